The highest BCUT2D eigenvalue weighted by Gasteiger charge is 2.22. The number of aromatic nitrogens is 4. The molecule has 2 N–H and O–H groups in total. The number of nitrogens with zero attached hydrogens (tertiary/aromatic N) is 4. The van der Waals surface area contributed by atoms with Crippen LogP contribution in [-0.2, 0) is 23.2 Å². The Kier molecular flexibility index (Phi) is 7.15. The molecule has 9 nitrogen and oxygen atoms in total. The summed E-state index contributed by atoms with van der Waals surface area (Å²) in [4.78, 5) is 31.5. The quantitative estimate of drug-likeness (QED) is 0.520. The third-order valence-electron chi connectivity index (χ3n) is 3.56. The number of H-pyrrole nitrogens is 1. The number of rotatable bonds is 8. The molecule has 27 heavy (non-hydrogen) atoms. The molecule has 144 valence electrons. The molecule has 1 amide bonds. The number of carbonyl (C=O) groups excluding carboxylic acids is 1. The fraction of sp³-hybridized carbons (Fsp3) is 0.471. The van der Waals surface area contributed by atoms with E-state index in [-0.39, 0.29) is 29.7 Å². The number of thioether (sulfide) groups is 1. The smallest absolute Gasteiger partial charge is 0.251 e. The number of aromatic amines is 1. The second-order valence-electron chi connectivity index (χ2n) is 6.05. The van der Waals surface area contributed by atoms with Crippen molar-refractivity contribution in [2.75, 3.05) is 5.32 Å². The summed E-state index contributed by atoms with van der Waals surface area (Å²) in [6, 6.07) is 3.37. The summed E-state index contributed by atoms with van der Waals surface area (Å²) in [5.74, 6) is 0.0381. The first-order valence-corrected chi connectivity index (χ1v) is 9.33. The number of carbonyl (C=O) groups is 1. The van der Waals surface area contributed by atoms with Gasteiger partial charge < -0.3 is 15.0 Å². The van der Waals surface area contributed by atoms with E-state index >= 15 is 0 Å². The minimum absolute atomic E-state index is 0.0181. The lowest BCUT2D eigenvalue weighted by molar-refractivity contribution is -0.115. The van der Waals surface area contributed by atoms with Gasteiger partial charge in [-0.1, -0.05) is 18.7 Å². The molecule has 0 spiro atoms. The molecule has 1 unspecified atom stereocenters. The fourth-order valence-electron chi connectivity index (χ4n) is 2.19. The molecule has 0 bridgehead atoms. The first kappa shape index (κ1) is 20.7. The van der Waals surface area contributed by atoms with Crippen LogP contribution in [0.3, 0.4) is 0 Å². The molecule has 0 fully saturated rings. The van der Waals surface area contributed by atoms with Crippen LogP contribution in [-0.4, -0.2) is 37.0 Å². The van der Waals surface area contributed by atoms with Gasteiger partial charge in [0.15, 0.2) is 5.16 Å². The van der Waals surface area contributed by atoms with Crippen molar-refractivity contribution in [3.63, 3.8) is 0 Å². The predicted octanol–water partition coefficient (Wildman–Crippen LogP) is 1.81. The molecule has 0 aliphatic rings. The van der Waals surface area contributed by atoms with Crippen molar-refractivity contribution in [3.05, 3.63) is 33.9 Å². The maximum Gasteiger partial charge on any atom is 0.251 e. The second-order valence-corrected chi connectivity index (χ2v) is 7.24. The topological polar surface area (TPSA) is 126 Å². The van der Waals surface area contributed by atoms with Gasteiger partial charge in [0.25, 0.3) is 5.56 Å². The van der Waals surface area contributed by atoms with Crippen molar-refractivity contribution < 1.29 is 9.53 Å². The van der Waals surface area contributed by atoms with E-state index in [2.05, 4.69) is 20.4 Å². The van der Waals surface area contributed by atoms with E-state index in [1.54, 1.807) is 7.05 Å². The highest BCUT2D eigenvalue weighted by Crippen LogP contribution is 2.24. The number of amides is 1. The van der Waals surface area contributed by atoms with Crippen molar-refractivity contribution in [1.82, 2.24) is 19.7 Å². The van der Waals surface area contributed by atoms with Crippen LogP contribution in [0.1, 0.15) is 38.4 Å². The van der Waals surface area contributed by atoms with Gasteiger partial charge in [0.05, 0.1) is 29.9 Å². The second kappa shape index (κ2) is 9.34. The van der Waals surface area contributed by atoms with Crippen LogP contribution in [0.5, 0.6) is 0 Å². The van der Waals surface area contributed by atoms with E-state index in [0.717, 1.165) is 11.8 Å². The zero-order chi connectivity index (χ0) is 20.0. The Bertz CT molecular complexity index is 899. The van der Waals surface area contributed by atoms with Crippen molar-refractivity contribution >= 4 is 23.5 Å². The molecule has 2 rings (SSSR count). The summed E-state index contributed by atoms with van der Waals surface area (Å²) in [5.41, 5.74) is 0.484. The van der Waals surface area contributed by atoms with Gasteiger partial charge in [-0.05, 0) is 20.3 Å². The van der Waals surface area contributed by atoms with Crippen LogP contribution in [0.15, 0.2) is 22.2 Å². The molecule has 2 heterocycles. The minimum atomic E-state index is -0.504. The zero-order valence-corrected chi connectivity index (χ0v) is 16.5. The van der Waals surface area contributed by atoms with Gasteiger partial charge in [-0.15, -0.1) is 0 Å². The maximum absolute atomic E-state index is 12.6. The summed E-state index contributed by atoms with van der Waals surface area (Å²) in [7, 11) is 1.64. The molecular weight excluding hydrogens is 368 g/mol. The molecule has 0 aliphatic heterocycles. The first-order valence-electron chi connectivity index (χ1n) is 8.45. The Morgan fingerprint density at radius 2 is 2.26 bits per heavy atom. The largest absolute Gasteiger partial charge is 0.373 e. The van der Waals surface area contributed by atoms with Gasteiger partial charge in [-0.2, -0.15) is 10.4 Å². The van der Waals surface area contributed by atoms with E-state index in [9.17, 15) is 9.59 Å². The number of hydrogen-bond donors (Lipinski definition) is 2. The van der Waals surface area contributed by atoms with Crippen molar-refractivity contribution in [1.29, 1.82) is 5.26 Å². The summed E-state index contributed by atoms with van der Waals surface area (Å²) in [6.07, 6.45) is 1.91. The van der Waals surface area contributed by atoms with E-state index in [1.807, 2.05) is 26.8 Å². The van der Waals surface area contributed by atoms with Gasteiger partial charge in [0, 0.05) is 13.1 Å². The molecule has 0 radical (unpaired) electrons. The lowest BCUT2D eigenvalue weighted by Gasteiger charge is -2.15. The highest BCUT2D eigenvalue weighted by atomic mass is 32.2. The van der Waals surface area contributed by atoms with Gasteiger partial charge >= 0.3 is 0 Å². The molecule has 0 aliphatic carbocycles. The SMILES string of the molecule is CCC(Sc1nc(COC(C)C)cc(=O)[nH]1)C(=O)Nc1c(C#N)cnn1C. The summed E-state index contributed by atoms with van der Waals surface area (Å²) in [6.45, 7) is 5.87. The number of anilines is 1. The third-order valence-corrected chi connectivity index (χ3v) is 4.80. The monoisotopic (exact) mass is 390 g/mol. The van der Waals surface area contributed by atoms with E-state index < -0.39 is 5.25 Å². The summed E-state index contributed by atoms with van der Waals surface area (Å²) < 4.78 is 6.91. The minimum Gasteiger partial charge on any atom is -0.373 e. The van der Waals surface area contributed by atoms with Crippen LogP contribution in [0, 0.1) is 11.3 Å². The average Bonchev–Trinajstić information content (AvgIpc) is 2.97. The number of nitriles is 1. The highest BCUT2D eigenvalue weighted by molar-refractivity contribution is 8.00. The Morgan fingerprint density at radius 3 is 2.89 bits per heavy atom. The summed E-state index contributed by atoms with van der Waals surface area (Å²) >= 11 is 1.15. The van der Waals surface area contributed by atoms with Crippen LogP contribution in [0.2, 0.25) is 0 Å². The number of aryl methyl sites for hydroxylation is 1. The Hall–Kier alpha value is -2.64. The Morgan fingerprint density at radius 1 is 1.52 bits per heavy atom. The van der Waals surface area contributed by atoms with Crippen LogP contribution in [0.25, 0.3) is 0 Å². The van der Waals surface area contributed by atoms with E-state index in [0.29, 0.717) is 23.1 Å². The summed E-state index contributed by atoms with van der Waals surface area (Å²) in [5, 5.41) is 15.6. The first-order chi connectivity index (χ1) is 12.8. The standard InChI is InChI=1S/C17H22N6O3S/c1-5-13(16(25)22-15-11(7-18)8-19-23(15)4)27-17-20-12(6-14(24)21-17)9-26-10(2)3/h6,8,10,13H,5,9H2,1-4H3,(H,22,25)(H,20,21,24). The van der Waals surface area contributed by atoms with Crippen molar-refractivity contribution in [2.24, 2.45) is 7.05 Å². The molecule has 0 saturated carbocycles. The molecule has 10 heteroatoms. The van der Waals surface area contributed by atoms with Crippen LogP contribution >= 0.6 is 11.8 Å². The number of ether oxygens (including phenoxy) is 1. The van der Waals surface area contributed by atoms with Gasteiger partial charge in [-0.3, -0.25) is 14.3 Å². The van der Waals surface area contributed by atoms with E-state index in [4.69, 9.17) is 10.00 Å². The van der Waals surface area contributed by atoms with Gasteiger partial charge in [-0.25, -0.2) is 4.98 Å². The lowest BCUT2D eigenvalue weighted by atomic mass is 10.3. The molecule has 1 atom stereocenters. The van der Waals surface area contributed by atoms with E-state index in [1.165, 1.54) is 16.9 Å². The predicted molar refractivity (Wildman–Crippen MR) is 101 cm³/mol. The molecule has 0 saturated heterocycles. The van der Waals surface area contributed by atoms with Gasteiger partial charge in [0.1, 0.15) is 17.5 Å². The van der Waals surface area contributed by atoms with Gasteiger partial charge in [0.2, 0.25) is 5.91 Å². The Balaban J connectivity index is 2.14. The number of hydrogen-bond acceptors (Lipinski definition) is 7. The van der Waals surface area contributed by atoms with Crippen molar-refractivity contribution in [3.8, 4) is 6.07 Å². The van der Waals surface area contributed by atoms with Crippen LogP contribution in [0.4, 0.5) is 5.82 Å². The average molecular weight is 390 g/mol. The van der Waals surface area contributed by atoms with Crippen molar-refractivity contribution in [2.45, 2.75) is 50.3 Å². The lowest BCUT2D eigenvalue weighted by Crippen LogP contribution is -2.27. The zero-order valence-electron chi connectivity index (χ0n) is 15.6. The third kappa shape index (κ3) is 5.67. The normalized spacial score (nSPS) is 12.0. The molecule has 0 aromatic carbocycles. The molecule has 2 aromatic heterocycles. The molecular formula is C17H22N6O3S. The fourth-order valence-corrected chi connectivity index (χ4v) is 3.12. The van der Waals surface area contributed by atoms with Crippen LogP contribution < -0.4 is 10.9 Å². The Labute approximate surface area is 161 Å². The number of nitrogens with one attached hydrogen (secondary N) is 2. The maximum atomic E-state index is 12.6. The molecule has 2 aromatic rings.